The van der Waals surface area contributed by atoms with Gasteiger partial charge < -0.3 is 10.1 Å². The maximum absolute atomic E-state index is 13.7. The Kier molecular flexibility index (Phi) is 5.61. The monoisotopic (exact) mass is 537 g/mol. The Morgan fingerprint density at radius 1 is 1.06 bits per heavy atom. The van der Waals surface area contributed by atoms with E-state index in [0.29, 0.717) is 22.5 Å². The fourth-order valence-electron chi connectivity index (χ4n) is 3.18. The Labute approximate surface area is 189 Å². The van der Waals surface area contributed by atoms with Gasteiger partial charge in [0.15, 0.2) is 0 Å². The van der Waals surface area contributed by atoms with Crippen LogP contribution in [0.2, 0.25) is 0 Å². The average molecular weight is 537 g/mol. The summed E-state index contributed by atoms with van der Waals surface area (Å²) in [6.07, 6.45) is -4.65. The Balaban J connectivity index is 1.70. The normalized spacial score (nSPS) is 11.5. The average Bonchev–Trinajstić information content (AvgIpc) is 3.14. The van der Waals surface area contributed by atoms with Crippen molar-refractivity contribution in [3.63, 3.8) is 0 Å². The van der Waals surface area contributed by atoms with Crippen LogP contribution in [0.1, 0.15) is 16.2 Å². The third kappa shape index (κ3) is 4.22. The summed E-state index contributed by atoms with van der Waals surface area (Å²) in [6, 6.07) is 17.8. The molecule has 0 aliphatic heterocycles. The van der Waals surface area contributed by atoms with Gasteiger partial charge in [-0.15, -0.1) is 0 Å². The van der Waals surface area contributed by atoms with Crippen LogP contribution in [-0.4, -0.2) is 22.6 Å². The number of amides is 1. The summed E-state index contributed by atoms with van der Waals surface area (Å²) in [5.74, 6) is -0.917. The van der Waals surface area contributed by atoms with Gasteiger partial charge >= 0.3 is 6.18 Å². The molecular weight excluding hydrogens is 522 g/mol. The summed E-state index contributed by atoms with van der Waals surface area (Å²) in [5, 5.41) is 2.76. The minimum absolute atomic E-state index is 0.169. The lowest BCUT2D eigenvalue weighted by Gasteiger charge is -2.13. The Hall–Kier alpha value is -3.08. The van der Waals surface area contributed by atoms with E-state index in [9.17, 15) is 18.0 Å². The first-order chi connectivity index (χ1) is 14.8. The number of anilines is 1. The van der Waals surface area contributed by atoms with Gasteiger partial charge in [-0.05, 0) is 71.1 Å². The first-order valence-electron chi connectivity index (χ1n) is 9.08. The number of alkyl halides is 3. The molecule has 0 aliphatic rings. The van der Waals surface area contributed by atoms with Crippen LogP contribution in [0, 0.1) is 3.57 Å². The zero-order valence-corrected chi connectivity index (χ0v) is 18.2. The van der Waals surface area contributed by atoms with Crippen molar-refractivity contribution in [3.8, 4) is 11.4 Å². The molecule has 1 N–H and O–H groups in total. The van der Waals surface area contributed by atoms with Crippen molar-refractivity contribution in [3.05, 3.63) is 81.7 Å². The van der Waals surface area contributed by atoms with E-state index in [1.54, 1.807) is 30.3 Å². The number of fused-ring (bicyclic) bond motifs is 1. The zero-order valence-electron chi connectivity index (χ0n) is 16.1. The molecule has 4 aromatic rings. The Morgan fingerprint density at radius 3 is 2.42 bits per heavy atom. The number of ether oxygens (including phenoxy) is 1. The molecule has 1 heterocycles. The number of carbonyl (C=O) groups excluding carboxylic acids is 1. The van der Waals surface area contributed by atoms with E-state index in [1.807, 2.05) is 12.1 Å². The zero-order chi connectivity index (χ0) is 22.2. The SMILES string of the molecule is COc1ccc2c(c1)nc(C(F)(F)F)n2-c1ccc(NC(=O)c2ccccc2I)cc1. The number of halogens is 4. The quantitative estimate of drug-likeness (QED) is 0.330. The molecule has 1 amide bonds. The third-order valence-electron chi connectivity index (χ3n) is 4.62. The van der Waals surface area contributed by atoms with Crippen LogP contribution in [0.15, 0.2) is 66.7 Å². The lowest BCUT2D eigenvalue weighted by atomic mass is 10.2. The van der Waals surface area contributed by atoms with Gasteiger partial charge in [-0.2, -0.15) is 13.2 Å². The van der Waals surface area contributed by atoms with E-state index in [1.165, 1.54) is 31.4 Å². The lowest BCUT2D eigenvalue weighted by Crippen LogP contribution is -2.14. The van der Waals surface area contributed by atoms with Gasteiger partial charge in [0.25, 0.3) is 5.91 Å². The molecule has 0 radical (unpaired) electrons. The van der Waals surface area contributed by atoms with Crippen LogP contribution in [0.5, 0.6) is 5.75 Å². The molecule has 1 aromatic heterocycles. The van der Waals surface area contributed by atoms with E-state index in [-0.39, 0.29) is 17.1 Å². The van der Waals surface area contributed by atoms with Crippen molar-refractivity contribution in [2.75, 3.05) is 12.4 Å². The molecule has 158 valence electrons. The number of rotatable bonds is 4. The van der Waals surface area contributed by atoms with Crippen LogP contribution >= 0.6 is 22.6 Å². The molecule has 3 aromatic carbocycles. The second-order valence-corrected chi connectivity index (χ2v) is 7.77. The van der Waals surface area contributed by atoms with Gasteiger partial charge in [-0.25, -0.2) is 4.98 Å². The van der Waals surface area contributed by atoms with Gasteiger partial charge in [-0.1, -0.05) is 12.1 Å². The highest BCUT2D eigenvalue weighted by Gasteiger charge is 2.38. The molecule has 0 saturated heterocycles. The first kappa shape index (κ1) is 21.2. The summed E-state index contributed by atoms with van der Waals surface area (Å²) < 4.78 is 47.9. The van der Waals surface area contributed by atoms with Gasteiger partial charge in [0.05, 0.1) is 23.7 Å². The number of hydrogen-bond acceptors (Lipinski definition) is 3. The van der Waals surface area contributed by atoms with Crippen LogP contribution in [0.3, 0.4) is 0 Å². The summed E-state index contributed by atoms with van der Waals surface area (Å²) >= 11 is 2.07. The molecule has 9 heteroatoms. The highest BCUT2D eigenvalue weighted by molar-refractivity contribution is 14.1. The van der Waals surface area contributed by atoms with Crippen molar-refractivity contribution in [1.82, 2.24) is 9.55 Å². The molecule has 0 saturated carbocycles. The molecule has 5 nitrogen and oxygen atoms in total. The standard InChI is InChI=1S/C22H15F3IN3O2/c1-31-15-10-11-19-18(12-15)28-21(22(23,24)25)29(19)14-8-6-13(7-9-14)27-20(30)16-4-2-3-5-17(16)26/h2-12H,1H3,(H,27,30). The van der Waals surface area contributed by atoms with E-state index in [2.05, 4.69) is 32.9 Å². The number of carbonyl (C=O) groups is 1. The minimum Gasteiger partial charge on any atom is -0.497 e. The van der Waals surface area contributed by atoms with Crippen LogP contribution in [0.4, 0.5) is 18.9 Å². The molecule has 0 bridgehead atoms. The summed E-state index contributed by atoms with van der Waals surface area (Å²) in [6.45, 7) is 0. The number of nitrogens with one attached hydrogen (secondary N) is 1. The van der Waals surface area contributed by atoms with Gasteiger partial charge in [0.2, 0.25) is 5.82 Å². The summed E-state index contributed by atoms with van der Waals surface area (Å²) in [5.41, 5.74) is 1.72. The van der Waals surface area contributed by atoms with Crippen molar-refractivity contribution in [2.24, 2.45) is 0 Å². The molecule has 0 unspecified atom stereocenters. The fourth-order valence-corrected chi connectivity index (χ4v) is 3.81. The Bertz CT molecular complexity index is 1270. The number of aromatic nitrogens is 2. The molecule has 0 aliphatic carbocycles. The second-order valence-electron chi connectivity index (χ2n) is 6.60. The van der Waals surface area contributed by atoms with Crippen LogP contribution in [-0.2, 0) is 6.18 Å². The molecule has 0 fully saturated rings. The van der Waals surface area contributed by atoms with E-state index in [4.69, 9.17) is 4.74 Å². The topological polar surface area (TPSA) is 56.1 Å². The summed E-state index contributed by atoms with van der Waals surface area (Å²) in [7, 11) is 1.44. The van der Waals surface area contributed by atoms with Crippen LogP contribution in [0.25, 0.3) is 16.7 Å². The van der Waals surface area contributed by atoms with Crippen molar-refractivity contribution in [1.29, 1.82) is 0 Å². The number of imidazole rings is 1. The maximum Gasteiger partial charge on any atom is 0.450 e. The van der Waals surface area contributed by atoms with Gasteiger partial charge in [-0.3, -0.25) is 9.36 Å². The van der Waals surface area contributed by atoms with Gasteiger partial charge in [0, 0.05) is 21.0 Å². The maximum atomic E-state index is 13.7. The van der Waals surface area contributed by atoms with Crippen molar-refractivity contribution >= 4 is 45.2 Å². The predicted octanol–water partition coefficient (Wildman–Crippen LogP) is 5.91. The molecular formula is C22H15F3IN3O2. The van der Waals surface area contributed by atoms with E-state index < -0.39 is 12.0 Å². The highest BCUT2D eigenvalue weighted by Crippen LogP contribution is 2.35. The van der Waals surface area contributed by atoms with E-state index in [0.717, 1.165) is 8.14 Å². The largest absolute Gasteiger partial charge is 0.497 e. The third-order valence-corrected chi connectivity index (χ3v) is 5.56. The number of nitrogens with zero attached hydrogens (tertiary/aromatic N) is 2. The Morgan fingerprint density at radius 2 is 1.77 bits per heavy atom. The van der Waals surface area contributed by atoms with Gasteiger partial charge in [0.1, 0.15) is 5.75 Å². The molecule has 4 rings (SSSR count). The van der Waals surface area contributed by atoms with E-state index >= 15 is 0 Å². The molecule has 0 atom stereocenters. The van der Waals surface area contributed by atoms with Crippen molar-refractivity contribution < 1.29 is 22.7 Å². The smallest absolute Gasteiger partial charge is 0.450 e. The van der Waals surface area contributed by atoms with Crippen LogP contribution < -0.4 is 10.1 Å². The minimum atomic E-state index is -4.65. The van der Waals surface area contributed by atoms with Crippen molar-refractivity contribution in [2.45, 2.75) is 6.18 Å². The number of hydrogen-bond donors (Lipinski definition) is 1. The highest BCUT2D eigenvalue weighted by atomic mass is 127. The molecule has 31 heavy (non-hydrogen) atoms. The molecule has 0 spiro atoms. The summed E-state index contributed by atoms with van der Waals surface area (Å²) in [4.78, 5) is 16.3. The fraction of sp³-hybridized carbons (Fsp3) is 0.0909. The first-order valence-corrected chi connectivity index (χ1v) is 10.2. The number of methoxy groups -OCH3 is 1. The number of benzene rings is 3. The second kappa shape index (κ2) is 8.22. The lowest BCUT2D eigenvalue weighted by molar-refractivity contribution is -0.145. The predicted molar refractivity (Wildman–Crippen MR) is 120 cm³/mol.